The first-order valence-electron chi connectivity index (χ1n) is 9.83. The third kappa shape index (κ3) is 2.91. The van der Waals surface area contributed by atoms with Crippen molar-refractivity contribution in [3.8, 4) is 0 Å². The largest absolute Gasteiger partial charge is 0.294 e. The lowest BCUT2D eigenvalue weighted by Gasteiger charge is -2.44. The molecule has 1 nitrogen and oxygen atoms in total. The Morgan fingerprint density at radius 2 is 1.74 bits per heavy atom. The van der Waals surface area contributed by atoms with Gasteiger partial charge >= 0.3 is 0 Å². The third-order valence-corrected chi connectivity index (χ3v) is 9.87. The number of fused-ring (bicyclic) bond motifs is 2. The Morgan fingerprint density at radius 3 is 2.59 bits per heavy atom. The molecule has 3 aliphatic rings. The van der Waals surface area contributed by atoms with Crippen molar-refractivity contribution in [3.63, 3.8) is 0 Å². The summed E-state index contributed by atoms with van der Waals surface area (Å²) in [6.45, 7) is 2.19. The number of carbonyl (C=O) groups is 1. The van der Waals surface area contributed by atoms with Crippen molar-refractivity contribution in [2.45, 2.75) is 36.7 Å². The van der Waals surface area contributed by atoms with E-state index in [1.165, 1.54) is 33.4 Å². The predicted molar refractivity (Wildman–Crippen MR) is 119 cm³/mol. The lowest BCUT2D eigenvalue weighted by Crippen LogP contribution is -2.40. The van der Waals surface area contributed by atoms with Crippen LogP contribution in [0.2, 0.25) is 0 Å². The molecule has 1 aliphatic heterocycles. The molecule has 1 spiro atoms. The van der Waals surface area contributed by atoms with Crippen LogP contribution in [0.5, 0.6) is 0 Å². The average molecular weight is 393 g/mol. The monoisotopic (exact) mass is 392 g/mol. The molecule has 2 aliphatic carbocycles. The number of hydrogen-bond donors (Lipinski definition) is 0. The molecule has 1 saturated heterocycles. The predicted octanol–water partition coefficient (Wildman–Crippen LogP) is 6.49. The highest BCUT2D eigenvalue weighted by Crippen LogP contribution is 2.58. The van der Waals surface area contributed by atoms with Gasteiger partial charge in [0.1, 0.15) is 0 Å². The van der Waals surface area contributed by atoms with E-state index in [9.17, 15) is 4.79 Å². The molecule has 2 aromatic rings. The van der Waals surface area contributed by atoms with Gasteiger partial charge in [-0.3, -0.25) is 4.79 Å². The molecule has 0 bridgehead atoms. The van der Waals surface area contributed by atoms with Crippen molar-refractivity contribution in [1.29, 1.82) is 0 Å². The highest BCUT2D eigenvalue weighted by atomic mass is 32.2. The average Bonchev–Trinajstić information content (AvgIpc) is 3.15. The highest BCUT2D eigenvalue weighted by Gasteiger charge is 2.49. The summed E-state index contributed by atoms with van der Waals surface area (Å²) in [7, 11) is 0. The molecule has 0 aromatic heterocycles. The normalized spacial score (nSPS) is 28.6. The molecule has 3 heteroatoms. The summed E-state index contributed by atoms with van der Waals surface area (Å²) in [5.41, 5.74) is 3.29. The molecular formula is C24H24OS2. The van der Waals surface area contributed by atoms with E-state index in [4.69, 9.17) is 0 Å². The highest BCUT2D eigenvalue weighted by molar-refractivity contribution is 8.21. The number of rotatable bonds is 1. The number of thioether (sulfide) groups is 2. The SMILES string of the molecule is CC12CCC3(C=C1CC/C(=C\c1cccc4ccccc14)C2=O)SCCS3. The Hall–Kier alpha value is -1.45. The van der Waals surface area contributed by atoms with Crippen LogP contribution < -0.4 is 0 Å². The van der Waals surface area contributed by atoms with Gasteiger partial charge in [0.15, 0.2) is 5.78 Å². The van der Waals surface area contributed by atoms with E-state index < -0.39 is 0 Å². The second-order valence-electron chi connectivity index (χ2n) is 8.08. The van der Waals surface area contributed by atoms with Crippen molar-refractivity contribution >= 4 is 46.2 Å². The van der Waals surface area contributed by atoms with E-state index in [1.54, 1.807) is 0 Å². The van der Waals surface area contributed by atoms with Gasteiger partial charge in [-0.25, -0.2) is 0 Å². The minimum absolute atomic E-state index is 0.256. The molecule has 1 saturated carbocycles. The van der Waals surface area contributed by atoms with Crippen LogP contribution in [0.4, 0.5) is 0 Å². The molecule has 2 aromatic carbocycles. The van der Waals surface area contributed by atoms with Gasteiger partial charge in [0.25, 0.3) is 0 Å². The van der Waals surface area contributed by atoms with Gasteiger partial charge < -0.3 is 0 Å². The maximum Gasteiger partial charge on any atom is 0.168 e. The second kappa shape index (κ2) is 6.56. The van der Waals surface area contributed by atoms with Crippen molar-refractivity contribution in [1.82, 2.24) is 0 Å². The lowest BCUT2D eigenvalue weighted by atomic mass is 9.63. The molecular weight excluding hydrogens is 368 g/mol. The molecule has 5 rings (SSSR count). The maximum absolute atomic E-state index is 13.5. The van der Waals surface area contributed by atoms with Gasteiger partial charge in [-0.05, 0) is 60.6 Å². The summed E-state index contributed by atoms with van der Waals surface area (Å²) in [5.74, 6) is 2.84. The number of hydrogen-bond acceptors (Lipinski definition) is 3. The van der Waals surface area contributed by atoms with Gasteiger partial charge in [-0.15, -0.1) is 23.5 Å². The van der Waals surface area contributed by atoms with Gasteiger partial charge in [-0.1, -0.05) is 54.1 Å². The number of carbonyl (C=O) groups excluding carboxylic acids is 1. The first-order valence-corrected chi connectivity index (χ1v) is 11.8. The molecule has 1 atom stereocenters. The number of benzene rings is 2. The molecule has 138 valence electrons. The summed E-state index contributed by atoms with van der Waals surface area (Å²) >= 11 is 4.17. The van der Waals surface area contributed by atoms with E-state index in [2.05, 4.69) is 85.1 Å². The zero-order valence-corrected chi connectivity index (χ0v) is 17.3. The van der Waals surface area contributed by atoms with E-state index in [0.29, 0.717) is 5.78 Å². The summed E-state index contributed by atoms with van der Waals surface area (Å²) in [6.07, 6.45) is 8.65. The molecule has 0 amide bonds. The molecule has 27 heavy (non-hydrogen) atoms. The first-order chi connectivity index (χ1) is 13.1. The maximum atomic E-state index is 13.5. The van der Waals surface area contributed by atoms with E-state index in [1.807, 2.05) is 0 Å². The Kier molecular flexibility index (Phi) is 4.29. The van der Waals surface area contributed by atoms with E-state index >= 15 is 0 Å². The molecule has 0 N–H and O–H groups in total. The van der Waals surface area contributed by atoms with Gasteiger partial charge in [0.2, 0.25) is 0 Å². The van der Waals surface area contributed by atoms with Crippen molar-refractivity contribution < 1.29 is 4.79 Å². The Bertz CT molecular complexity index is 976. The minimum atomic E-state index is -0.288. The summed E-state index contributed by atoms with van der Waals surface area (Å²) in [5, 5.41) is 2.46. The van der Waals surface area contributed by atoms with Gasteiger partial charge in [0.05, 0.1) is 9.49 Å². The Labute approximate surface area is 169 Å². The fourth-order valence-corrected chi connectivity index (χ4v) is 7.96. The second-order valence-corrected chi connectivity index (χ2v) is 11.2. The van der Waals surface area contributed by atoms with Gasteiger partial charge in [-0.2, -0.15) is 0 Å². The van der Waals surface area contributed by atoms with Crippen LogP contribution >= 0.6 is 23.5 Å². The van der Waals surface area contributed by atoms with Crippen LogP contribution in [0, 0.1) is 5.41 Å². The fourth-order valence-electron chi connectivity index (χ4n) is 4.83. The van der Waals surface area contributed by atoms with Crippen LogP contribution in [0.15, 0.2) is 59.7 Å². The summed E-state index contributed by atoms with van der Waals surface area (Å²) in [4.78, 5) is 13.5. The van der Waals surface area contributed by atoms with Crippen molar-refractivity contribution in [2.75, 3.05) is 11.5 Å². The van der Waals surface area contributed by atoms with E-state index in [0.717, 1.165) is 31.3 Å². The van der Waals surface area contributed by atoms with Crippen LogP contribution in [-0.4, -0.2) is 21.4 Å². The zero-order valence-electron chi connectivity index (χ0n) is 15.7. The first kappa shape index (κ1) is 17.6. The van der Waals surface area contributed by atoms with Crippen LogP contribution in [0.25, 0.3) is 16.8 Å². The zero-order chi connectivity index (χ0) is 18.5. The number of ketones is 1. The Morgan fingerprint density at radius 1 is 0.963 bits per heavy atom. The summed E-state index contributed by atoms with van der Waals surface area (Å²) < 4.78 is 0.256. The molecule has 0 radical (unpaired) electrons. The van der Waals surface area contributed by atoms with Crippen molar-refractivity contribution in [2.24, 2.45) is 5.41 Å². The number of allylic oxidation sites excluding steroid dienone is 2. The topological polar surface area (TPSA) is 17.1 Å². The standard InChI is InChI=1S/C24H24OS2/c1-23-11-12-24(26-13-14-27-24)16-20(23)10-9-19(22(23)25)15-18-7-4-6-17-5-2-3-8-21(17)18/h2-8,15-16H,9-14H2,1H3/b19-15+. The van der Waals surface area contributed by atoms with Crippen molar-refractivity contribution in [3.05, 3.63) is 65.3 Å². The molecule has 1 unspecified atom stereocenters. The van der Waals surface area contributed by atoms with Crippen LogP contribution in [0.1, 0.15) is 38.2 Å². The smallest absolute Gasteiger partial charge is 0.168 e. The fraction of sp³-hybridized carbons (Fsp3) is 0.375. The molecule has 1 heterocycles. The van der Waals surface area contributed by atoms with Gasteiger partial charge in [0, 0.05) is 11.5 Å². The van der Waals surface area contributed by atoms with Crippen LogP contribution in [0.3, 0.4) is 0 Å². The summed E-state index contributed by atoms with van der Waals surface area (Å²) in [6, 6.07) is 14.8. The van der Waals surface area contributed by atoms with Crippen LogP contribution in [-0.2, 0) is 4.79 Å². The third-order valence-electron chi connectivity index (χ3n) is 6.46. The quantitative estimate of drug-likeness (QED) is 0.408. The Balaban J connectivity index is 1.52. The number of Topliss-reactive ketones (excluding diaryl/α,β-unsaturated/α-hetero) is 1. The lowest BCUT2D eigenvalue weighted by molar-refractivity contribution is -0.123. The van der Waals surface area contributed by atoms with E-state index in [-0.39, 0.29) is 9.49 Å². The molecule has 2 fully saturated rings. The minimum Gasteiger partial charge on any atom is -0.294 e.